The van der Waals surface area contributed by atoms with Gasteiger partial charge in [-0.1, -0.05) is 24.4 Å². The molecule has 1 aliphatic carbocycles. The van der Waals surface area contributed by atoms with Gasteiger partial charge in [0.25, 0.3) is 5.91 Å². The Bertz CT molecular complexity index is 1030. The number of imidazole rings is 1. The van der Waals surface area contributed by atoms with Crippen LogP contribution in [0.3, 0.4) is 0 Å². The first-order chi connectivity index (χ1) is 13.9. The summed E-state index contributed by atoms with van der Waals surface area (Å²) in [5, 5.41) is 3.53. The fourth-order valence-corrected chi connectivity index (χ4v) is 4.29. The standard InChI is InChI=1S/C23H23ClFN3O/c1-23(6-2-3-7-23)27-22(29)18-11-16(14-28-9-8-26-15-28)10-17(12-18)20-5-4-19(25)13-21(20)24/h4-5,8-13,15H,2-3,6-7,14H2,1H3,(H,27,29). The first-order valence-corrected chi connectivity index (χ1v) is 10.2. The van der Waals surface area contributed by atoms with Crippen molar-refractivity contribution in [2.45, 2.75) is 44.7 Å². The molecule has 0 aliphatic heterocycles. The molecule has 3 aromatic rings. The number of rotatable bonds is 5. The Morgan fingerprint density at radius 2 is 2.03 bits per heavy atom. The van der Waals surface area contributed by atoms with Crippen LogP contribution in [0.15, 0.2) is 55.1 Å². The molecule has 1 aromatic heterocycles. The molecule has 150 valence electrons. The summed E-state index contributed by atoms with van der Waals surface area (Å²) in [5.74, 6) is -0.484. The monoisotopic (exact) mass is 411 g/mol. The smallest absolute Gasteiger partial charge is 0.251 e. The number of carbonyl (C=O) groups is 1. The molecule has 1 N–H and O–H groups in total. The van der Waals surface area contributed by atoms with E-state index >= 15 is 0 Å². The van der Waals surface area contributed by atoms with Crippen molar-refractivity contribution >= 4 is 17.5 Å². The Balaban J connectivity index is 1.72. The van der Waals surface area contributed by atoms with E-state index in [-0.39, 0.29) is 17.3 Å². The van der Waals surface area contributed by atoms with Crippen LogP contribution in [0, 0.1) is 5.82 Å². The molecule has 2 aromatic carbocycles. The lowest BCUT2D eigenvalue weighted by Gasteiger charge is -2.25. The molecule has 0 spiro atoms. The molecule has 0 radical (unpaired) electrons. The van der Waals surface area contributed by atoms with Crippen LogP contribution in [0.5, 0.6) is 0 Å². The van der Waals surface area contributed by atoms with Crippen LogP contribution in [0.4, 0.5) is 4.39 Å². The van der Waals surface area contributed by atoms with Crippen molar-refractivity contribution in [3.63, 3.8) is 0 Å². The minimum absolute atomic E-state index is 0.0960. The van der Waals surface area contributed by atoms with Crippen molar-refractivity contribution < 1.29 is 9.18 Å². The van der Waals surface area contributed by atoms with Gasteiger partial charge in [-0.05, 0) is 67.3 Å². The van der Waals surface area contributed by atoms with Gasteiger partial charge >= 0.3 is 0 Å². The first kappa shape index (κ1) is 19.6. The Hall–Kier alpha value is -2.66. The minimum atomic E-state index is -0.388. The van der Waals surface area contributed by atoms with Crippen LogP contribution < -0.4 is 5.32 Å². The van der Waals surface area contributed by atoms with Crippen LogP contribution in [-0.2, 0) is 6.54 Å². The summed E-state index contributed by atoms with van der Waals surface area (Å²) in [7, 11) is 0. The third-order valence-corrected chi connectivity index (χ3v) is 5.86. The van der Waals surface area contributed by atoms with Gasteiger partial charge in [0.2, 0.25) is 0 Å². The predicted octanol–water partition coefficient (Wildman–Crippen LogP) is 5.45. The predicted molar refractivity (Wildman–Crippen MR) is 113 cm³/mol. The highest BCUT2D eigenvalue weighted by Gasteiger charge is 2.30. The maximum absolute atomic E-state index is 13.5. The molecule has 0 saturated heterocycles. The van der Waals surface area contributed by atoms with Gasteiger partial charge in [0.1, 0.15) is 5.82 Å². The molecule has 1 amide bonds. The van der Waals surface area contributed by atoms with E-state index < -0.39 is 0 Å². The highest BCUT2D eigenvalue weighted by molar-refractivity contribution is 6.33. The second-order valence-electron chi connectivity index (χ2n) is 8.00. The molecule has 0 bridgehead atoms. The van der Waals surface area contributed by atoms with E-state index in [9.17, 15) is 9.18 Å². The summed E-state index contributed by atoms with van der Waals surface area (Å²) in [6.07, 6.45) is 9.57. The molecule has 1 saturated carbocycles. The van der Waals surface area contributed by atoms with Crippen molar-refractivity contribution in [2.75, 3.05) is 0 Å². The zero-order chi connectivity index (χ0) is 20.4. The van der Waals surface area contributed by atoms with Gasteiger partial charge in [-0.2, -0.15) is 0 Å². The van der Waals surface area contributed by atoms with Crippen molar-refractivity contribution in [3.8, 4) is 11.1 Å². The van der Waals surface area contributed by atoms with Gasteiger partial charge in [-0.25, -0.2) is 9.37 Å². The molecule has 0 atom stereocenters. The second kappa shape index (κ2) is 7.99. The molecule has 1 fully saturated rings. The second-order valence-corrected chi connectivity index (χ2v) is 8.41. The molecule has 4 nitrogen and oxygen atoms in total. The van der Waals surface area contributed by atoms with Gasteiger partial charge in [-0.15, -0.1) is 0 Å². The Morgan fingerprint density at radius 1 is 1.24 bits per heavy atom. The number of halogens is 2. The number of nitrogens with zero attached hydrogens (tertiary/aromatic N) is 2. The fraction of sp³-hybridized carbons (Fsp3) is 0.304. The zero-order valence-corrected chi connectivity index (χ0v) is 17.0. The van der Waals surface area contributed by atoms with Gasteiger partial charge < -0.3 is 9.88 Å². The third kappa shape index (κ3) is 4.51. The summed E-state index contributed by atoms with van der Waals surface area (Å²) in [6.45, 7) is 2.68. The van der Waals surface area contributed by atoms with E-state index in [1.807, 2.05) is 29.0 Å². The number of benzene rings is 2. The zero-order valence-electron chi connectivity index (χ0n) is 16.3. The quantitative estimate of drug-likeness (QED) is 0.606. The topological polar surface area (TPSA) is 46.9 Å². The lowest BCUT2D eigenvalue weighted by molar-refractivity contribution is 0.0908. The number of carbonyl (C=O) groups excluding carboxylic acids is 1. The van der Waals surface area contributed by atoms with Gasteiger partial charge in [0.15, 0.2) is 0 Å². The van der Waals surface area contributed by atoms with Crippen molar-refractivity contribution in [3.05, 3.63) is 77.1 Å². The van der Waals surface area contributed by atoms with Gasteiger partial charge in [0.05, 0.1) is 11.3 Å². The molecule has 6 heteroatoms. The summed E-state index contributed by atoms with van der Waals surface area (Å²) < 4.78 is 15.4. The molecule has 0 unspecified atom stereocenters. The van der Waals surface area contributed by atoms with E-state index in [0.29, 0.717) is 22.7 Å². The van der Waals surface area contributed by atoms with Crippen molar-refractivity contribution in [2.24, 2.45) is 0 Å². The number of nitrogens with one attached hydrogen (secondary N) is 1. The van der Waals surface area contributed by atoms with Gasteiger partial charge in [0, 0.05) is 35.6 Å². The van der Waals surface area contributed by atoms with Crippen LogP contribution >= 0.6 is 11.6 Å². The number of amides is 1. The average Bonchev–Trinajstić information content (AvgIpc) is 3.33. The molecule has 29 heavy (non-hydrogen) atoms. The highest BCUT2D eigenvalue weighted by Crippen LogP contribution is 2.32. The lowest BCUT2D eigenvalue weighted by atomic mass is 9.97. The van der Waals surface area contributed by atoms with Crippen molar-refractivity contribution in [1.82, 2.24) is 14.9 Å². The molecule has 1 heterocycles. The average molecular weight is 412 g/mol. The summed E-state index contributed by atoms with van der Waals surface area (Å²) in [5.41, 5.74) is 2.84. The van der Waals surface area contributed by atoms with E-state index in [0.717, 1.165) is 36.8 Å². The molecular weight excluding hydrogens is 389 g/mol. The third-order valence-electron chi connectivity index (χ3n) is 5.54. The SMILES string of the molecule is CC1(NC(=O)c2cc(Cn3ccnc3)cc(-c3ccc(F)cc3Cl)c2)CCCC1. The van der Waals surface area contributed by atoms with Crippen LogP contribution in [0.2, 0.25) is 5.02 Å². The lowest BCUT2D eigenvalue weighted by Crippen LogP contribution is -2.43. The summed E-state index contributed by atoms with van der Waals surface area (Å²) >= 11 is 6.29. The first-order valence-electron chi connectivity index (χ1n) is 9.80. The van der Waals surface area contributed by atoms with E-state index in [1.54, 1.807) is 18.6 Å². The minimum Gasteiger partial charge on any atom is -0.347 e. The Kier molecular flexibility index (Phi) is 5.41. The molecule has 1 aliphatic rings. The highest BCUT2D eigenvalue weighted by atomic mass is 35.5. The normalized spacial score (nSPS) is 15.4. The van der Waals surface area contributed by atoms with Gasteiger partial charge in [-0.3, -0.25) is 4.79 Å². The van der Waals surface area contributed by atoms with Crippen LogP contribution in [-0.4, -0.2) is 21.0 Å². The van der Waals surface area contributed by atoms with Crippen molar-refractivity contribution in [1.29, 1.82) is 0 Å². The Morgan fingerprint density at radius 3 is 2.72 bits per heavy atom. The van der Waals surface area contributed by atoms with E-state index in [4.69, 9.17) is 11.6 Å². The molecular formula is C23H23ClFN3O. The van der Waals surface area contributed by atoms with E-state index in [2.05, 4.69) is 17.2 Å². The number of hydrogen-bond acceptors (Lipinski definition) is 2. The Labute approximate surface area is 174 Å². The summed E-state index contributed by atoms with van der Waals surface area (Å²) in [4.78, 5) is 17.1. The molecule has 4 rings (SSSR count). The van der Waals surface area contributed by atoms with Crippen LogP contribution in [0.1, 0.15) is 48.5 Å². The number of hydrogen-bond donors (Lipinski definition) is 1. The summed E-state index contributed by atoms with van der Waals surface area (Å²) in [6, 6.07) is 10.0. The van der Waals surface area contributed by atoms with E-state index in [1.165, 1.54) is 12.1 Å². The van der Waals surface area contributed by atoms with Crippen LogP contribution in [0.25, 0.3) is 11.1 Å². The maximum Gasteiger partial charge on any atom is 0.251 e. The maximum atomic E-state index is 13.5. The largest absolute Gasteiger partial charge is 0.347 e. The number of aromatic nitrogens is 2. The fourth-order valence-electron chi connectivity index (χ4n) is 4.01.